The fraction of sp³-hybridized carbons (Fsp3) is 0.333. The second-order valence-corrected chi connectivity index (χ2v) is 7.90. The van der Waals surface area contributed by atoms with E-state index in [9.17, 15) is 13.2 Å². The van der Waals surface area contributed by atoms with Crippen molar-refractivity contribution in [1.29, 1.82) is 0 Å². The molecule has 0 spiro atoms. The SMILES string of the molecule is O=C(NC[C@H]1CCS(=O)(=O)C1)Nc1ccc(-c2cn[nH]c2)cc1. The molecule has 23 heavy (non-hydrogen) atoms. The van der Waals surface area contributed by atoms with Crippen molar-refractivity contribution in [1.82, 2.24) is 15.5 Å². The second kappa shape index (κ2) is 6.41. The summed E-state index contributed by atoms with van der Waals surface area (Å²) in [6.45, 7) is 0.373. The molecule has 0 unspecified atom stereocenters. The molecule has 7 nitrogen and oxygen atoms in total. The van der Waals surface area contributed by atoms with Gasteiger partial charge < -0.3 is 10.6 Å². The van der Waals surface area contributed by atoms with Gasteiger partial charge in [-0.1, -0.05) is 12.1 Å². The van der Waals surface area contributed by atoms with E-state index in [0.29, 0.717) is 18.7 Å². The maximum Gasteiger partial charge on any atom is 0.319 e. The lowest BCUT2D eigenvalue weighted by atomic mass is 10.1. The van der Waals surface area contributed by atoms with Crippen molar-refractivity contribution >= 4 is 21.6 Å². The minimum Gasteiger partial charge on any atom is -0.338 e. The van der Waals surface area contributed by atoms with E-state index in [1.54, 1.807) is 12.4 Å². The molecule has 1 aromatic heterocycles. The van der Waals surface area contributed by atoms with Crippen molar-refractivity contribution in [2.24, 2.45) is 5.92 Å². The van der Waals surface area contributed by atoms with Crippen LogP contribution in [0, 0.1) is 5.92 Å². The molecule has 2 heterocycles. The van der Waals surface area contributed by atoms with E-state index in [1.807, 2.05) is 24.3 Å². The third kappa shape index (κ3) is 4.10. The van der Waals surface area contributed by atoms with Crippen molar-refractivity contribution in [3.8, 4) is 11.1 Å². The summed E-state index contributed by atoms with van der Waals surface area (Å²) >= 11 is 0. The molecule has 8 heteroatoms. The number of amides is 2. The molecule has 0 saturated carbocycles. The third-order valence-corrected chi connectivity index (χ3v) is 5.69. The summed E-state index contributed by atoms with van der Waals surface area (Å²) in [5, 5.41) is 12.1. The van der Waals surface area contributed by atoms with Gasteiger partial charge >= 0.3 is 6.03 Å². The predicted molar refractivity (Wildman–Crippen MR) is 87.8 cm³/mol. The molecule has 2 amide bonds. The minimum absolute atomic E-state index is 0.00853. The lowest BCUT2D eigenvalue weighted by Crippen LogP contribution is -2.33. The lowest BCUT2D eigenvalue weighted by Gasteiger charge is -2.11. The maximum atomic E-state index is 11.9. The van der Waals surface area contributed by atoms with Crippen LogP contribution in [0.4, 0.5) is 10.5 Å². The Bertz CT molecular complexity index is 770. The van der Waals surface area contributed by atoms with E-state index in [2.05, 4.69) is 20.8 Å². The van der Waals surface area contributed by atoms with E-state index in [-0.39, 0.29) is 23.5 Å². The number of carbonyl (C=O) groups excluding carboxylic acids is 1. The highest BCUT2D eigenvalue weighted by molar-refractivity contribution is 7.91. The zero-order valence-electron chi connectivity index (χ0n) is 12.5. The van der Waals surface area contributed by atoms with Crippen LogP contribution >= 0.6 is 0 Å². The first-order chi connectivity index (χ1) is 11.0. The predicted octanol–water partition coefficient (Wildman–Crippen LogP) is 1.63. The highest BCUT2D eigenvalue weighted by Crippen LogP contribution is 2.20. The average molecular weight is 334 g/mol. The first-order valence-electron chi connectivity index (χ1n) is 7.36. The Morgan fingerprint density at radius 3 is 2.65 bits per heavy atom. The summed E-state index contributed by atoms with van der Waals surface area (Å²) in [5.74, 6) is 0.387. The summed E-state index contributed by atoms with van der Waals surface area (Å²) in [6.07, 6.45) is 4.14. The van der Waals surface area contributed by atoms with Crippen LogP contribution in [0.1, 0.15) is 6.42 Å². The van der Waals surface area contributed by atoms with E-state index >= 15 is 0 Å². The van der Waals surface area contributed by atoms with Crippen molar-refractivity contribution in [2.75, 3.05) is 23.4 Å². The topological polar surface area (TPSA) is 104 Å². The summed E-state index contributed by atoms with van der Waals surface area (Å²) in [6, 6.07) is 7.07. The number of hydrogen-bond donors (Lipinski definition) is 3. The molecule has 1 fully saturated rings. The standard InChI is InChI=1S/C15H18N4O3S/c20-15(16-7-11-5-6-23(21,22)10-11)19-14-3-1-12(2-4-14)13-8-17-18-9-13/h1-4,8-9,11H,5-7,10H2,(H,17,18)(H2,16,19,20)/t11-/m1/s1. The molecule has 1 aromatic carbocycles. The number of nitrogens with one attached hydrogen (secondary N) is 3. The number of nitrogens with zero attached hydrogens (tertiary/aromatic N) is 1. The number of H-pyrrole nitrogens is 1. The molecule has 3 rings (SSSR count). The molecule has 0 radical (unpaired) electrons. The van der Waals surface area contributed by atoms with Crippen LogP contribution in [0.5, 0.6) is 0 Å². The molecular weight excluding hydrogens is 316 g/mol. The van der Waals surface area contributed by atoms with Gasteiger partial charge in [-0.3, -0.25) is 5.10 Å². The molecule has 1 aliphatic heterocycles. The lowest BCUT2D eigenvalue weighted by molar-refractivity contribution is 0.250. The van der Waals surface area contributed by atoms with Crippen molar-refractivity contribution in [3.63, 3.8) is 0 Å². The van der Waals surface area contributed by atoms with Gasteiger partial charge in [0.05, 0.1) is 17.7 Å². The number of carbonyl (C=O) groups is 1. The molecule has 1 saturated heterocycles. The average Bonchev–Trinajstić information content (AvgIpc) is 3.15. The first-order valence-corrected chi connectivity index (χ1v) is 9.18. The monoisotopic (exact) mass is 334 g/mol. The van der Waals surface area contributed by atoms with Crippen molar-refractivity contribution in [2.45, 2.75) is 6.42 Å². The molecule has 3 N–H and O–H groups in total. The fourth-order valence-electron chi connectivity index (χ4n) is 2.60. The molecular formula is C15H18N4O3S. The molecule has 0 aliphatic carbocycles. The van der Waals surface area contributed by atoms with Gasteiger partial charge in [0.25, 0.3) is 0 Å². The zero-order valence-corrected chi connectivity index (χ0v) is 13.3. The Balaban J connectivity index is 1.50. The zero-order chi connectivity index (χ0) is 16.3. The number of anilines is 1. The summed E-state index contributed by atoms with van der Waals surface area (Å²) in [5.41, 5.74) is 2.65. The van der Waals surface area contributed by atoms with Crippen LogP contribution in [0.3, 0.4) is 0 Å². The summed E-state index contributed by atoms with van der Waals surface area (Å²) < 4.78 is 22.7. The number of sulfone groups is 1. The largest absolute Gasteiger partial charge is 0.338 e. The normalized spacial score (nSPS) is 19.4. The Kier molecular flexibility index (Phi) is 4.33. The Morgan fingerprint density at radius 1 is 1.26 bits per heavy atom. The van der Waals surface area contributed by atoms with Crippen LogP contribution in [-0.4, -0.2) is 42.7 Å². The Morgan fingerprint density at radius 2 is 2.04 bits per heavy atom. The Hall–Kier alpha value is -2.35. The summed E-state index contributed by atoms with van der Waals surface area (Å²) in [7, 11) is -2.91. The van der Waals surface area contributed by atoms with Gasteiger partial charge in [0.2, 0.25) is 0 Å². The molecule has 122 valence electrons. The van der Waals surface area contributed by atoms with Crippen molar-refractivity contribution in [3.05, 3.63) is 36.7 Å². The van der Waals surface area contributed by atoms with Gasteiger partial charge in [-0.2, -0.15) is 5.10 Å². The number of aromatic nitrogens is 2. The van der Waals surface area contributed by atoms with Crippen LogP contribution < -0.4 is 10.6 Å². The number of benzene rings is 1. The van der Waals surface area contributed by atoms with E-state index in [4.69, 9.17) is 0 Å². The minimum atomic E-state index is -2.91. The van der Waals surface area contributed by atoms with Crippen LogP contribution in [0.25, 0.3) is 11.1 Å². The number of hydrogen-bond acceptors (Lipinski definition) is 4. The van der Waals surface area contributed by atoms with Gasteiger partial charge in [0, 0.05) is 24.0 Å². The summed E-state index contributed by atoms with van der Waals surface area (Å²) in [4.78, 5) is 11.9. The van der Waals surface area contributed by atoms with Crippen LogP contribution in [0.15, 0.2) is 36.7 Å². The van der Waals surface area contributed by atoms with E-state index in [1.165, 1.54) is 0 Å². The second-order valence-electron chi connectivity index (χ2n) is 5.67. The fourth-order valence-corrected chi connectivity index (χ4v) is 4.46. The van der Waals surface area contributed by atoms with Gasteiger partial charge in [-0.05, 0) is 30.0 Å². The van der Waals surface area contributed by atoms with E-state index < -0.39 is 9.84 Å². The molecule has 1 aliphatic rings. The number of aromatic amines is 1. The van der Waals surface area contributed by atoms with Crippen molar-refractivity contribution < 1.29 is 13.2 Å². The Labute approximate surface area is 134 Å². The number of rotatable bonds is 4. The quantitative estimate of drug-likeness (QED) is 0.790. The molecule has 2 aromatic rings. The van der Waals surface area contributed by atoms with Gasteiger partial charge in [0.1, 0.15) is 0 Å². The van der Waals surface area contributed by atoms with Gasteiger partial charge in [-0.15, -0.1) is 0 Å². The third-order valence-electron chi connectivity index (χ3n) is 3.85. The van der Waals surface area contributed by atoms with Crippen LogP contribution in [0.2, 0.25) is 0 Å². The first kappa shape index (κ1) is 15.5. The molecule has 1 atom stereocenters. The highest BCUT2D eigenvalue weighted by Gasteiger charge is 2.27. The van der Waals surface area contributed by atoms with Gasteiger partial charge in [-0.25, -0.2) is 13.2 Å². The molecule has 0 bridgehead atoms. The maximum absolute atomic E-state index is 11.9. The van der Waals surface area contributed by atoms with Gasteiger partial charge in [0.15, 0.2) is 9.84 Å². The smallest absolute Gasteiger partial charge is 0.319 e. The number of urea groups is 1. The van der Waals surface area contributed by atoms with E-state index in [0.717, 1.165) is 11.1 Å². The highest BCUT2D eigenvalue weighted by atomic mass is 32.2. The van der Waals surface area contributed by atoms with Crippen LogP contribution in [-0.2, 0) is 9.84 Å².